The van der Waals surface area contributed by atoms with Crippen LogP contribution in [-0.2, 0) is 13.0 Å². The molecule has 0 bridgehead atoms. The molecule has 0 saturated heterocycles. The Balaban J connectivity index is 1.67. The molecule has 2 aromatic rings. The molecule has 0 spiro atoms. The molecule has 2 heterocycles. The fourth-order valence-corrected chi connectivity index (χ4v) is 2.58. The van der Waals surface area contributed by atoms with E-state index < -0.39 is 6.10 Å². The molecule has 2 aromatic heterocycles. The van der Waals surface area contributed by atoms with Crippen molar-refractivity contribution in [1.29, 1.82) is 0 Å². The average molecular weight is 275 g/mol. The van der Waals surface area contributed by atoms with E-state index in [2.05, 4.69) is 23.9 Å². The SMILES string of the molecule is CCCn1ncnc1CC(O)c1ccc(C2CC2C)o1. The predicted octanol–water partition coefficient (Wildman–Crippen LogP) is 2.68. The molecule has 3 rings (SSSR count). The van der Waals surface area contributed by atoms with Gasteiger partial charge in [-0.1, -0.05) is 13.8 Å². The van der Waals surface area contributed by atoms with Crippen LogP contribution in [0.4, 0.5) is 0 Å². The predicted molar refractivity (Wildman–Crippen MR) is 74.2 cm³/mol. The van der Waals surface area contributed by atoms with E-state index in [1.807, 2.05) is 16.8 Å². The summed E-state index contributed by atoms with van der Waals surface area (Å²) in [5.41, 5.74) is 0. The van der Waals surface area contributed by atoms with Gasteiger partial charge in [0.1, 0.15) is 29.8 Å². The van der Waals surface area contributed by atoms with E-state index in [9.17, 15) is 5.11 Å². The molecule has 0 radical (unpaired) electrons. The monoisotopic (exact) mass is 275 g/mol. The summed E-state index contributed by atoms with van der Waals surface area (Å²) in [4.78, 5) is 4.22. The number of aliphatic hydroxyl groups is 1. The van der Waals surface area contributed by atoms with Gasteiger partial charge in [0.2, 0.25) is 0 Å². The van der Waals surface area contributed by atoms with Crippen molar-refractivity contribution in [1.82, 2.24) is 14.8 Å². The second kappa shape index (κ2) is 5.40. The average Bonchev–Trinajstić information content (AvgIpc) is 2.83. The van der Waals surface area contributed by atoms with Gasteiger partial charge in [-0.2, -0.15) is 5.10 Å². The molecule has 0 amide bonds. The summed E-state index contributed by atoms with van der Waals surface area (Å²) in [6, 6.07) is 3.87. The van der Waals surface area contributed by atoms with Crippen molar-refractivity contribution < 1.29 is 9.52 Å². The van der Waals surface area contributed by atoms with Crippen LogP contribution in [-0.4, -0.2) is 19.9 Å². The summed E-state index contributed by atoms with van der Waals surface area (Å²) >= 11 is 0. The molecule has 1 N–H and O–H groups in total. The van der Waals surface area contributed by atoms with Gasteiger partial charge in [0, 0.05) is 18.9 Å². The standard InChI is InChI=1S/C15H21N3O2/c1-3-6-18-15(16-9-17-18)8-12(19)14-5-4-13(20-14)11-7-10(11)2/h4-5,9-12,19H,3,6-8H2,1-2H3. The summed E-state index contributed by atoms with van der Waals surface area (Å²) < 4.78 is 7.62. The van der Waals surface area contributed by atoms with Crippen LogP contribution in [0.15, 0.2) is 22.9 Å². The van der Waals surface area contributed by atoms with Crippen molar-refractivity contribution in [2.24, 2.45) is 5.92 Å². The Morgan fingerprint density at radius 1 is 1.50 bits per heavy atom. The van der Waals surface area contributed by atoms with Gasteiger partial charge < -0.3 is 9.52 Å². The highest BCUT2D eigenvalue weighted by Crippen LogP contribution is 2.47. The van der Waals surface area contributed by atoms with Crippen LogP contribution in [0.5, 0.6) is 0 Å². The summed E-state index contributed by atoms with van der Waals surface area (Å²) in [6.45, 7) is 5.14. The second-order valence-electron chi connectivity index (χ2n) is 5.68. The zero-order valence-corrected chi connectivity index (χ0v) is 12.0. The van der Waals surface area contributed by atoms with Crippen LogP contribution in [0.3, 0.4) is 0 Å². The van der Waals surface area contributed by atoms with Crippen molar-refractivity contribution >= 4 is 0 Å². The number of hydrogen-bond acceptors (Lipinski definition) is 4. The fourth-order valence-electron chi connectivity index (χ4n) is 2.58. The Kier molecular flexibility index (Phi) is 3.61. The molecule has 5 heteroatoms. The maximum Gasteiger partial charge on any atom is 0.138 e. The molecule has 1 aliphatic carbocycles. The smallest absolute Gasteiger partial charge is 0.138 e. The van der Waals surface area contributed by atoms with Crippen molar-refractivity contribution in [3.8, 4) is 0 Å². The summed E-state index contributed by atoms with van der Waals surface area (Å²) in [7, 11) is 0. The first-order chi connectivity index (χ1) is 9.69. The van der Waals surface area contributed by atoms with E-state index in [1.54, 1.807) is 0 Å². The number of aliphatic hydroxyl groups excluding tert-OH is 1. The third kappa shape index (κ3) is 2.63. The van der Waals surface area contributed by atoms with E-state index >= 15 is 0 Å². The molecule has 0 aliphatic heterocycles. The maximum absolute atomic E-state index is 10.3. The Morgan fingerprint density at radius 2 is 2.30 bits per heavy atom. The lowest BCUT2D eigenvalue weighted by atomic mass is 10.2. The highest BCUT2D eigenvalue weighted by molar-refractivity contribution is 5.19. The zero-order chi connectivity index (χ0) is 14.1. The third-order valence-corrected chi connectivity index (χ3v) is 3.96. The van der Waals surface area contributed by atoms with Gasteiger partial charge in [0.15, 0.2) is 0 Å². The highest BCUT2D eigenvalue weighted by atomic mass is 16.4. The van der Waals surface area contributed by atoms with E-state index in [4.69, 9.17) is 4.42 Å². The number of rotatable bonds is 6. The fraction of sp³-hybridized carbons (Fsp3) is 0.600. The summed E-state index contributed by atoms with van der Waals surface area (Å²) in [5, 5.41) is 14.5. The first-order valence-corrected chi connectivity index (χ1v) is 7.33. The quantitative estimate of drug-likeness (QED) is 0.880. The van der Waals surface area contributed by atoms with Crippen LogP contribution in [0.1, 0.15) is 56.1 Å². The summed E-state index contributed by atoms with van der Waals surface area (Å²) in [5.74, 6) is 3.68. The second-order valence-corrected chi connectivity index (χ2v) is 5.68. The molecule has 3 atom stereocenters. The van der Waals surface area contributed by atoms with Crippen molar-refractivity contribution in [2.45, 2.75) is 51.7 Å². The third-order valence-electron chi connectivity index (χ3n) is 3.96. The van der Waals surface area contributed by atoms with Gasteiger partial charge in [-0.25, -0.2) is 4.98 Å². The molecule has 1 fully saturated rings. The number of aryl methyl sites for hydroxylation is 1. The van der Waals surface area contributed by atoms with Gasteiger partial charge in [-0.3, -0.25) is 4.68 Å². The Hall–Kier alpha value is -1.62. The Labute approximate surface area is 118 Å². The molecular weight excluding hydrogens is 254 g/mol. The molecule has 0 aromatic carbocycles. The highest BCUT2D eigenvalue weighted by Gasteiger charge is 2.36. The van der Waals surface area contributed by atoms with Gasteiger partial charge in [0.05, 0.1) is 0 Å². The lowest BCUT2D eigenvalue weighted by Crippen LogP contribution is -2.10. The van der Waals surface area contributed by atoms with E-state index in [-0.39, 0.29) is 0 Å². The summed E-state index contributed by atoms with van der Waals surface area (Å²) in [6.07, 6.45) is 3.51. The number of hydrogen-bond donors (Lipinski definition) is 1. The number of aromatic nitrogens is 3. The van der Waals surface area contributed by atoms with E-state index in [0.717, 1.165) is 24.6 Å². The van der Waals surface area contributed by atoms with Crippen LogP contribution >= 0.6 is 0 Å². The minimum absolute atomic E-state index is 0.438. The molecular formula is C15H21N3O2. The Morgan fingerprint density at radius 3 is 3.00 bits per heavy atom. The topological polar surface area (TPSA) is 64.1 Å². The van der Waals surface area contributed by atoms with E-state index in [0.29, 0.717) is 24.0 Å². The molecule has 108 valence electrons. The van der Waals surface area contributed by atoms with Gasteiger partial charge in [-0.15, -0.1) is 0 Å². The molecule has 1 aliphatic rings. The van der Waals surface area contributed by atoms with Crippen LogP contribution < -0.4 is 0 Å². The van der Waals surface area contributed by atoms with Crippen LogP contribution in [0.2, 0.25) is 0 Å². The first kappa shape index (κ1) is 13.4. The van der Waals surface area contributed by atoms with Gasteiger partial charge >= 0.3 is 0 Å². The van der Waals surface area contributed by atoms with Crippen molar-refractivity contribution in [2.75, 3.05) is 0 Å². The van der Waals surface area contributed by atoms with Crippen LogP contribution in [0.25, 0.3) is 0 Å². The minimum Gasteiger partial charge on any atom is -0.463 e. The number of furan rings is 1. The lowest BCUT2D eigenvalue weighted by molar-refractivity contribution is 0.144. The maximum atomic E-state index is 10.3. The zero-order valence-electron chi connectivity index (χ0n) is 12.0. The molecule has 20 heavy (non-hydrogen) atoms. The van der Waals surface area contributed by atoms with Crippen molar-refractivity contribution in [3.05, 3.63) is 35.8 Å². The minimum atomic E-state index is -0.655. The molecule has 3 unspecified atom stereocenters. The Bertz CT molecular complexity index is 575. The van der Waals surface area contributed by atoms with Crippen molar-refractivity contribution in [3.63, 3.8) is 0 Å². The number of nitrogens with zero attached hydrogens (tertiary/aromatic N) is 3. The van der Waals surface area contributed by atoms with Crippen LogP contribution in [0, 0.1) is 5.92 Å². The normalized spacial score (nSPS) is 22.9. The lowest BCUT2D eigenvalue weighted by Gasteiger charge is -2.08. The van der Waals surface area contributed by atoms with E-state index in [1.165, 1.54) is 12.7 Å². The van der Waals surface area contributed by atoms with Gasteiger partial charge in [0.25, 0.3) is 0 Å². The molecule has 5 nitrogen and oxygen atoms in total. The van der Waals surface area contributed by atoms with Gasteiger partial charge in [-0.05, 0) is 30.9 Å². The first-order valence-electron chi connectivity index (χ1n) is 7.33. The largest absolute Gasteiger partial charge is 0.463 e. The molecule has 1 saturated carbocycles.